The van der Waals surface area contributed by atoms with Crippen molar-refractivity contribution in [2.75, 3.05) is 0 Å². The maximum atomic E-state index is 9.36. The summed E-state index contributed by atoms with van der Waals surface area (Å²) in [5.74, 6) is 0. The summed E-state index contributed by atoms with van der Waals surface area (Å²) in [7, 11) is 0. The minimum absolute atomic E-state index is 0.197. The molecule has 0 aliphatic carbocycles. The zero-order chi connectivity index (χ0) is 10.6. The lowest BCUT2D eigenvalue weighted by Gasteiger charge is -2.27. The van der Waals surface area contributed by atoms with Crippen molar-refractivity contribution in [1.29, 1.82) is 0 Å². The van der Waals surface area contributed by atoms with Crippen molar-refractivity contribution < 1.29 is 14.9 Å². The highest BCUT2D eigenvalue weighted by atomic mass is 16.6. The molecule has 0 rings (SSSR count). The molecule has 0 radical (unpaired) electrons. The van der Waals surface area contributed by atoms with Gasteiger partial charge in [0, 0.05) is 6.04 Å². The molecule has 0 aliphatic rings. The molecule has 0 aromatic carbocycles. The lowest BCUT2D eigenvalue weighted by atomic mass is 10.2. The summed E-state index contributed by atoms with van der Waals surface area (Å²) in [6, 6.07) is -0.197. The molecule has 4 nitrogen and oxygen atoms in total. The number of rotatable bonds is 4. The Balaban J connectivity index is 3.81. The predicted molar refractivity (Wildman–Crippen MR) is 51.1 cm³/mol. The van der Waals surface area contributed by atoms with Crippen LogP contribution in [0.2, 0.25) is 0 Å². The zero-order valence-corrected chi connectivity index (χ0v) is 9.03. The standard InChI is InChI=1S/C9H21NO3/c1-6(7(2)11)10-8(12)13-9(3,4)5/h6-8,10-12H,1-5H3/t6-,7?,8?/m0/s1. The van der Waals surface area contributed by atoms with Crippen molar-refractivity contribution in [2.24, 2.45) is 0 Å². The van der Waals surface area contributed by atoms with Crippen LogP contribution in [0.4, 0.5) is 0 Å². The Morgan fingerprint density at radius 2 is 1.62 bits per heavy atom. The van der Waals surface area contributed by atoms with Crippen LogP contribution in [0.25, 0.3) is 0 Å². The zero-order valence-electron chi connectivity index (χ0n) is 9.03. The van der Waals surface area contributed by atoms with Crippen LogP contribution in [0, 0.1) is 0 Å². The first-order valence-corrected chi connectivity index (χ1v) is 4.52. The molecule has 0 fully saturated rings. The summed E-state index contributed by atoms with van der Waals surface area (Å²) >= 11 is 0. The third kappa shape index (κ3) is 6.95. The Morgan fingerprint density at radius 1 is 1.15 bits per heavy atom. The molecule has 0 bridgehead atoms. The van der Waals surface area contributed by atoms with Crippen molar-refractivity contribution in [1.82, 2.24) is 5.32 Å². The topological polar surface area (TPSA) is 61.7 Å². The quantitative estimate of drug-likeness (QED) is 0.564. The number of aliphatic hydroxyl groups excluding tert-OH is 2. The highest BCUT2D eigenvalue weighted by molar-refractivity contribution is 4.67. The number of hydrogen-bond donors (Lipinski definition) is 3. The van der Waals surface area contributed by atoms with Crippen molar-refractivity contribution in [3.05, 3.63) is 0 Å². The summed E-state index contributed by atoms with van der Waals surface area (Å²) in [6.07, 6.45) is -1.55. The van der Waals surface area contributed by atoms with Crippen LogP contribution in [-0.2, 0) is 4.74 Å². The maximum Gasteiger partial charge on any atom is 0.214 e. The van der Waals surface area contributed by atoms with E-state index in [0.717, 1.165) is 0 Å². The Labute approximate surface area is 79.9 Å². The molecular weight excluding hydrogens is 170 g/mol. The third-order valence-corrected chi connectivity index (χ3v) is 1.59. The van der Waals surface area contributed by atoms with Gasteiger partial charge in [-0.15, -0.1) is 0 Å². The smallest absolute Gasteiger partial charge is 0.214 e. The molecule has 3 atom stereocenters. The number of hydrogen-bond acceptors (Lipinski definition) is 4. The van der Waals surface area contributed by atoms with Crippen molar-refractivity contribution in [2.45, 2.75) is 58.8 Å². The van der Waals surface area contributed by atoms with E-state index in [0.29, 0.717) is 0 Å². The fourth-order valence-corrected chi connectivity index (χ4v) is 0.733. The first kappa shape index (κ1) is 12.8. The molecule has 13 heavy (non-hydrogen) atoms. The van der Waals surface area contributed by atoms with Crippen LogP contribution in [0.15, 0.2) is 0 Å². The van der Waals surface area contributed by atoms with Gasteiger partial charge in [0.2, 0.25) is 6.41 Å². The Hall–Kier alpha value is -0.160. The van der Waals surface area contributed by atoms with Crippen LogP contribution >= 0.6 is 0 Å². The lowest BCUT2D eigenvalue weighted by molar-refractivity contribution is -0.188. The van der Waals surface area contributed by atoms with E-state index in [9.17, 15) is 5.11 Å². The van der Waals surface area contributed by atoms with Gasteiger partial charge in [0.05, 0.1) is 11.7 Å². The molecule has 3 N–H and O–H groups in total. The van der Waals surface area contributed by atoms with E-state index in [2.05, 4.69) is 5.32 Å². The molecule has 0 heterocycles. The highest BCUT2D eigenvalue weighted by Gasteiger charge is 2.19. The Morgan fingerprint density at radius 3 is 1.92 bits per heavy atom. The molecule has 0 aromatic rings. The second-order valence-electron chi connectivity index (χ2n) is 4.28. The van der Waals surface area contributed by atoms with Gasteiger partial charge in [-0.2, -0.15) is 0 Å². The second kappa shape index (κ2) is 4.91. The normalized spacial score (nSPS) is 19.6. The molecule has 2 unspecified atom stereocenters. The van der Waals surface area contributed by atoms with E-state index in [1.165, 1.54) is 0 Å². The van der Waals surface area contributed by atoms with Gasteiger partial charge in [0.25, 0.3) is 0 Å². The van der Waals surface area contributed by atoms with E-state index < -0.39 is 18.1 Å². The van der Waals surface area contributed by atoms with E-state index in [1.807, 2.05) is 20.8 Å². The van der Waals surface area contributed by atoms with Crippen LogP contribution < -0.4 is 5.32 Å². The SMILES string of the molecule is CC(O)[C@H](C)NC(O)OC(C)(C)C. The summed E-state index contributed by atoms with van der Waals surface area (Å²) in [5, 5.41) is 21.2. The van der Waals surface area contributed by atoms with Gasteiger partial charge in [-0.1, -0.05) is 0 Å². The molecule has 4 heteroatoms. The minimum atomic E-state index is -1.04. The number of ether oxygens (including phenoxy) is 1. The third-order valence-electron chi connectivity index (χ3n) is 1.59. The molecule has 0 saturated heterocycles. The Bertz CT molecular complexity index is 142. The van der Waals surface area contributed by atoms with E-state index in [1.54, 1.807) is 13.8 Å². The summed E-state index contributed by atoms with van der Waals surface area (Å²) in [4.78, 5) is 0. The average Bonchev–Trinajstić information content (AvgIpc) is 1.81. The monoisotopic (exact) mass is 191 g/mol. The molecule has 0 aromatic heterocycles. The minimum Gasteiger partial charge on any atom is -0.392 e. The van der Waals surface area contributed by atoms with Gasteiger partial charge in [-0.05, 0) is 34.6 Å². The fraction of sp³-hybridized carbons (Fsp3) is 1.00. The van der Waals surface area contributed by atoms with Crippen LogP contribution in [0.5, 0.6) is 0 Å². The number of aliphatic hydroxyl groups is 2. The van der Waals surface area contributed by atoms with Gasteiger partial charge in [-0.25, -0.2) is 0 Å². The van der Waals surface area contributed by atoms with Crippen molar-refractivity contribution in [3.63, 3.8) is 0 Å². The molecular formula is C9H21NO3. The van der Waals surface area contributed by atoms with Gasteiger partial charge in [0.1, 0.15) is 0 Å². The second-order valence-corrected chi connectivity index (χ2v) is 4.28. The first-order chi connectivity index (χ1) is 5.72. The Kier molecular flexibility index (Phi) is 4.85. The maximum absolute atomic E-state index is 9.36. The largest absolute Gasteiger partial charge is 0.392 e. The molecule has 0 aliphatic heterocycles. The molecule has 0 saturated carbocycles. The van der Waals surface area contributed by atoms with E-state index in [4.69, 9.17) is 9.84 Å². The van der Waals surface area contributed by atoms with E-state index >= 15 is 0 Å². The summed E-state index contributed by atoms with van der Waals surface area (Å²) < 4.78 is 5.19. The van der Waals surface area contributed by atoms with Crippen LogP contribution in [0.3, 0.4) is 0 Å². The highest BCUT2D eigenvalue weighted by Crippen LogP contribution is 2.08. The fourth-order valence-electron chi connectivity index (χ4n) is 0.733. The van der Waals surface area contributed by atoms with Crippen LogP contribution in [0.1, 0.15) is 34.6 Å². The summed E-state index contributed by atoms with van der Waals surface area (Å²) in [6.45, 7) is 8.99. The predicted octanol–water partition coefficient (Wildman–Crippen LogP) is 0.436. The van der Waals surface area contributed by atoms with Gasteiger partial charge in [0.15, 0.2) is 0 Å². The molecule has 80 valence electrons. The van der Waals surface area contributed by atoms with Crippen LogP contribution in [-0.4, -0.2) is 34.4 Å². The molecule has 0 spiro atoms. The van der Waals surface area contributed by atoms with Gasteiger partial charge < -0.3 is 14.9 Å². The van der Waals surface area contributed by atoms with Gasteiger partial charge >= 0.3 is 0 Å². The average molecular weight is 191 g/mol. The lowest BCUT2D eigenvalue weighted by Crippen LogP contribution is -2.46. The molecule has 0 amide bonds. The first-order valence-electron chi connectivity index (χ1n) is 4.52. The van der Waals surface area contributed by atoms with E-state index in [-0.39, 0.29) is 6.04 Å². The number of nitrogens with one attached hydrogen (secondary N) is 1. The van der Waals surface area contributed by atoms with Crippen molar-refractivity contribution >= 4 is 0 Å². The van der Waals surface area contributed by atoms with Crippen molar-refractivity contribution in [3.8, 4) is 0 Å². The van der Waals surface area contributed by atoms with Gasteiger partial charge in [-0.3, -0.25) is 5.32 Å². The summed E-state index contributed by atoms with van der Waals surface area (Å²) in [5.41, 5.74) is -0.398.